The molecule has 2 N–H and O–H groups in total. The molecule has 2 rings (SSSR count). The maximum atomic E-state index is 13.5. The molecule has 0 aliphatic carbocycles. The van der Waals surface area contributed by atoms with Crippen molar-refractivity contribution in [3.05, 3.63) is 54.1 Å². The number of ether oxygens (including phenoxy) is 2. The van der Waals surface area contributed by atoms with Gasteiger partial charge in [0, 0.05) is 12.3 Å². The van der Waals surface area contributed by atoms with E-state index < -0.39 is 35.9 Å². The van der Waals surface area contributed by atoms with Crippen LogP contribution in [0.4, 0.5) is 4.39 Å². The summed E-state index contributed by atoms with van der Waals surface area (Å²) in [5, 5.41) is 12.2. The first kappa shape index (κ1) is 23.1. The summed E-state index contributed by atoms with van der Waals surface area (Å²) in [5.74, 6) is -1.48. The van der Waals surface area contributed by atoms with Crippen LogP contribution in [0.15, 0.2) is 42.6 Å². The number of carbonyl (C=O) groups excluding carboxylic acids is 2. The van der Waals surface area contributed by atoms with Gasteiger partial charge in [-0.3, -0.25) is 4.79 Å². The Balaban J connectivity index is 2.00. The molecule has 0 unspecified atom stereocenters. The van der Waals surface area contributed by atoms with E-state index in [0.29, 0.717) is 12.2 Å². The number of benzene rings is 1. The van der Waals surface area contributed by atoms with Crippen molar-refractivity contribution in [2.45, 2.75) is 52.4 Å². The second kappa shape index (κ2) is 10.6. The fourth-order valence-electron chi connectivity index (χ4n) is 2.77. The number of pyridine rings is 1. The van der Waals surface area contributed by atoms with Crippen LogP contribution in [0.5, 0.6) is 11.5 Å². The second-order valence-corrected chi connectivity index (χ2v) is 7.45. The molecule has 3 atom stereocenters. The molecule has 0 aliphatic rings. The van der Waals surface area contributed by atoms with Gasteiger partial charge in [0.15, 0.2) is 5.69 Å². The summed E-state index contributed by atoms with van der Waals surface area (Å²) in [4.78, 5) is 28.5. The number of aromatic nitrogens is 1. The van der Waals surface area contributed by atoms with Crippen molar-refractivity contribution < 1.29 is 28.6 Å². The number of aromatic hydroxyl groups is 1. The van der Waals surface area contributed by atoms with E-state index in [4.69, 9.17) is 9.47 Å². The molecular weight excluding hydrogens is 391 g/mol. The average molecular weight is 418 g/mol. The van der Waals surface area contributed by atoms with Gasteiger partial charge in [0.1, 0.15) is 35.6 Å². The Morgan fingerprint density at radius 3 is 2.53 bits per heavy atom. The van der Waals surface area contributed by atoms with Crippen molar-refractivity contribution in [3.8, 4) is 11.5 Å². The highest BCUT2D eigenvalue weighted by molar-refractivity contribution is 5.97. The third-order valence-electron chi connectivity index (χ3n) is 4.32. The van der Waals surface area contributed by atoms with Crippen molar-refractivity contribution in [1.29, 1.82) is 0 Å². The minimum absolute atomic E-state index is 0.183. The van der Waals surface area contributed by atoms with Crippen LogP contribution in [0.25, 0.3) is 0 Å². The molecule has 7 nitrogen and oxygen atoms in total. The van der Waals surface area contributed by atoms with Gasteiger partial charge in [0.05, 0.1) is 0 Å². The molecule has 1 amide bonds. The van der Waals surface area contributed by atoms with E-state index in [1.165, 1.54) is 37.4 Å². The summed E-state index contributed by atoms with van der Waals surface area (Å²) in [6.45, 7) is 7.15. The normalized spacial score (nSPS) is 13.9. The number of carbonyl (C=O) groups is 2. The number of nitrogens with zero attached hydrogens (tertiary/aromatic N) is 1. The second-order valence-electron chi connectivity index (χ2n) is 7.45. The molecule has 0 saturated heterocycles. The van der Waals surface area contributed by atoms with Crippen LogP contribution in [0.3, 0.4) is 0 Å². The average Bonchev–Trinajstić information content (AvgIpc) is 2.67. The molecule has 1 aromatic heterocycles. The Morgan fingerprint density at radius 1 is 1.17 bits per heavy atom. The van der Waals surface area contributed by atoms with E-state index in [1.807, 2.05) is 13.8 Å². The number of hydrogen-bond donors (Lipinski definition) is 2. The molecule has 162 valence electrons. The van der Waals surface area contributed by atoms with E-state index in [0.717, 1.165) is 0 Å². The highest BCUT2D eigenvalue weighted by Crippen LogP contribution is 2.21. The Kier molecular flexibility index (Phi) is 8.15. The van der Waals surface area contributed by atoms with Crippen LogP contribution in [0.2, 0.25) is 0 Å². The molecular formula is C22H27FN2O5. The Morgan fingerprint density at radius 2 is 1.90 bits per heavy atom. The molecule has 0 bridgehead atoms. The predicted octanol–water partition coefficient (Wildman–Crippen LogP) is 3.47. The predicted molar refractivity (Wildman–Crippen MR) is 109 cm³/mol. The van der Waals surface area contributed by atoms with E-state index in [9.17, 15) is 19.1 Å². The van der Waals surface area contributed by atoms with Crippen molar-refractivity contribution in [1.82, 2.24) is 10.3 Å². The van der Waals surface area contributed by atoms with Crippen molar-refractivity contribution in [2.24, 2.45) is 5.92 Å². The van der Waals surface area contributed by atoms with Gasteiger partial charge in [-0.2, -0.15) is 0 Å². The highest BCUT2D eigenvalue weighted by Gasteiger charge is 2.27. The Bertz CT molecular complexity index is 874. The minimum Gasteiger partial charge on any atom is -0.505 e. The molecule has 0 spiro atoms. The molecule has 2 aromatic rings. The van der Waals surface area contributed by atoms with Gasteiger partial charge < -0.3 is 19.9 Å². The summed E-state index contributed by atoms with van der Waals surface area (Å²) < 4.78 is 24.8. The fourth-order valence-corrected chi connectivity index (χ4v) is 2.77. The summed E-state index contributed by atoms with van der Waals surface area (Å²) in [6, 6.07) is 7.59. The smallest absolute Gasteiger partial charge is 0.328 e. The lowest BCUT2D eigenvalue weighted by molar-refractivity contribution is -0.155. The maximum Gasteiger partial charge on any atom is 0.328 e. The monoisotopic (exact) mass is 418 g/mol. The zero-order valence-electron chi connectivity index (χ0n) is 17.5. The van der Waals surface area contributed by atoms with Crippen LogP contribution < -0.4 is 10.1 Å². The van der Waals surface area contributed by atoms with Crippen molar-refractivity contribution >= 4 is 11.9 Å². The summed E-state index contributed by atoms with van der Waals surface area (Å²) in [6.07, 6.45) is 0.789. The van der Waals surface area contributed by atoms with Crippen LogP contribution in [-0.4, -0.2) is 40.2 Å². The van der Waals surface area contributed by atoms with Crippen LogP contribution in [-0.2, 0) is 9.53 Å². The van der Waals surface area contributed by atoms with E-state index in [2.05, 4.69) is 10.3 Å². The first-order valence-electron chi connectivity index (χ1n) is 9.75. The first-order valence-corrected chi connectivity index (χ1v) is 9.75. The van der Waals surface area contributed by atoms with Crippen molar-refractivity contribution in [3.63, 3.8) is 0 Å². The molecule has 0 saturated carbocycles. The van der Waals surface area contributed by atoms with Gasteiger partial charge in [-0.05, 0) is 50.5 Å². The van der Waals surface area contributed by atoms with Gasteiger partial charge in [0.2, 0.25) is 0 Å². The standard InChI is InChI=1S/C22H27FN2O5/c1-13(2)11-19(30-17-8-5-7-16(23)12-17)15(4)29-22(28)14(3)25-21(27)20-18(26)9-6-10-24-20/h5-10,12-15,19,26H,11H2,1-4H3,(H,25,27)/t14-,15-,19+/m0/s1. The minimum atomic E-state index is -0.977. The van der Waals surface area contributed by atoms with E-state index in [-0.39, 0.29) is 17.4 Å². The molecule has 0 aliphatic heterocycles. The van der Waals surface area contributed by atoms with Crippen LogP contribution in [0, 0.1) is 11.7 Å². The molecule has 1 heterocycles. The largest absolute Gasteiger partial charge is 0.505 e. The van der Waals surface area contributed by atoms with Gasteiger partial charge in [-0.1, -0.05) is 19.9 Å². The summed E-state index contributed by atoms with van der Waals surface area (Å²) in [5.41, 5.74) is -0.183. The molecule has 0 radical (unpaired) electrons. The third-order valence-corrected chi connectivity index (χ3v) is 4.32. The number of nitrogens with one attached hydrogen (secondary N) is 1. The first-order chi connectivity index (χ1) is 14.2. The van der Waals surface area contributed by atoms with Crippen LogP contribution in [0.1, 0.15) is 44.6 Å². The SMILES string of the molecule is CC(C)C[C@@H](Oc1cccc(F)c1)[C@H](C)OC(=O)[C@H](C)NC(=O)c1ncccc1O. The topological polar surface area (TPSA) is 97.8 Å². The lowest BCUT2D eigenvalue weighted by Crippen LogP contribution is -2.43. The van der Waals surface area contributed by atoms with Gasteiger partial charge in [-0.15, -0.1) is 0 Å². The number of rotatable bonds is 9. The number of halogens is 1. The lowest BCUT2D eigenvalue weighted by Gasteiger charge is -2.27. The van der Waals surface area contributed by atoms with E-state index in [1.54, 1.807) is 19.1 Å². The van der Waals surface area contributed by atoms with E-state index >= 15 is 0 Å². The highest BCUT2D eigenvalue weighted by atomic mass is 19.1. The zero-order chi connectivity index (χ0) is 22.3. The number of esters is 1. The number of amides is 1. The van der Waals surface area contributed by atoms with Gasteiger partial charge in [-0.25, -0.2) is 14.2 Å². The maximum absolute atomic E-state index is 13.5. The third kappa shape index (κ3) is 6.72. The van der Waals surface area contributed by atoms with Gasteiger partial charge >= 0.3 is 5.97 Å². The molecule has 8 heteroatoms. The number of hydrogen-bond acceptors (Lipinski definition) is 6. The van der Waals surface area contributed by atoms with Crippen LogP contribution >= 0.6 is 0 Å². The lowest BCUT2D eigenvalue weighted by atomic mass is 10.0. The summed E-state index contributed by atoms with van der Waals surface area (Å²) >= 11 is 0. The summed E-state index contributed by atoms with van der Waals surface area (Å²) in [7, 11) is 0. The quantitative estimate of drug-likeness (QED) is 0.605. The van der Waals surface area contributed by atoms with Crippen molar-refractivity contribution in [2.75, 3.05) is 0 Å². The Labute approximate surface area is 175 Å². The zero-order valence-corrected chi connectivity index (χ0v) is 17.5. The molecule has 1 aromatic carbocycles. The van der Waals surface area contributed by atoms with Gasteiger partial charge in [0.25, 0.3) is 5.91 Å². The molecule has 0 fully saturated rings. The Hall–Kier alpha value is -3.16. The fraction of sp³-hybridized carbons (Fsp3) is 0.409. The molecule has 30 heavy (non-hydrogen) atoms.